The molecule has 35 heavy (non-hydrogen) atoms. The molecule has 14 heteroatoms. The van der Waals surface area contributed by atoms with Crippen molar-refractivity contribution in [2.45, 2.75) is 38.8 Å². The Balaban J connectivity index is 1.66. The van der Waals surface area contributed by atoms with Crippen LogP contribution in [0.5, 0.6) is 0 Å². The second-order valence-corrected chi connectivity index (χ2v) is 8.94. The molecular formula is C21H16F6N6OS. The Morgan fingerprint density at radius 1 is 1.09 bits per heavy atom. The molecule has 1 unspecified atom stereocenters. The number of carbonyl (C=O) groups is 1. The quantitative estimate of drug-likeness (QED) is 0.364. The first kappa shape index (κ1) is 24.6. The summed E-state index contributed by atoms with van der Waals surface area (Å²) in [6.45, 7) is 2.05. The Labute approximate surface area is 197 Å². The molecule has 0 spiro atoms. The molecule has 4 aromatic rings. The van der Waals surface area contributed by atoms with Gasteiger partial charge in [-0.2, -0.15) is 31.4 Å². The van der Waals surface area contributed by atoms with Gasteiger partial charge in [0.2, 0.25) is 5.82 Å². The van der Waals surface area contributed by atoms with E-state index in [1.807, 2.05) is 6.92 Å². The number of nitrogens with one attached hydrogen (secondary N) is 1. The minimum Gasteiger partial charge on any atom is -0.345 e. The molecule has 0 bridgehead atoms. The predicted octanol–water partition coefficient (Wildman–Crippen LogP) is 5.33. The molecular weight excluding hydrogens is 498 g/mol. The summed E-state index contributed by atoms with van der Waals surface area (Å²) in [6.07, 6.45) is -4.40. The third-order valence-corrected chi connectivity index (χ3v) is 5.85. The van der Waals surface area contributed by atoms with E-state index in [1.165, 1.54) is 36.6 Å². The number of amides is 1. The maximum atomic E-state index is 13.0. The van der Waals surface area contributed by atoms with Gasteiger partial charge in [0, 0.05) is 51.7 Å². The third kappa shape index (κ3) is 5.58. The van der Waals surface area contributed by atoms with Crippen LogP contribution < -0.4 is 5.32 Å². The molecule has 7 nitrogen and oxygen atoms in total. The monoisotopic (exact) mass is 514 g/mol. The number of nitrogens with zero attached hydrogens (tertiary/aromatic N) is 5. The summed E-state index contributed by atoms with van der Waals surface area (Å²) in [5.41, 5.74) is 0.926. The first-order valence-electron chi connectivity index (χ1n) is 10.0. The molecule has 1 amide bonds. The topological polar surface area (TPSA) is 85.6 Å². The molecule has 1 N–H and O–H groups in total. The lowest BCUT2D eigenvalue weighted by atomic mass is 10.1. The maximum Gasteiger partial charge on any atom is 0.451 e. The largest absolute Gasteiger partial charge is 0.451 e. The molecule has 0 fully saturated rings. The second kappa shape index (κ2) is 8.91. The lowest BCUT2D eigenvalue weighted by Gasteiger charge is -2.15. The van der Waals surface area contributed by atoms with E-state index in [0.717, 1.165) is 22.0 Å². The van der Waals surface area contributed by atoms with Gasteiger partial charge in [-0.1, -0.05) is 0 Å². The Kier molecular flexibility index (Phi) is 6.25. The SMILES string of the molecule is Cc1cnc(-c2cc(C(=O)NC(C)c3cnc(C(F)(F)F)nc3)cc3nn(CC(F)(F)F)cc23)s1. The van der Waals surface area contributed by atoms with E-state index in [4.69, 9.17) is 0 Å². The van der Waals surface area contributed by atoms with Gasteiger partial charge in [-0.3, -0.25) is 9.48 Å². The average Bonchev–Trinajstić information content (AvgIpc) is 3.36. The van der Waals surface area contributed by atoms with Crippen LogP contribution in [0.2, 0.25) is 0 Å². The molecule has 0 aliphatic rings. The summed E-state index contributed by atoms with van der Waals surface area (Å²) in [5.74, 6) is -1.91. The minimum absolute atomic E-state index is 0.0947. The number of thiazole rings is 1. The zero-order valence-electron chi connectivity index (χ0n) is 18.1. The zero-order valence-corrected chi connectivity index (χ0v) is 18.9. The van der Waals surface area contributed by atoms with Crippen molar-refractivity contribution < 1.29 is 31.1 Å². The van der Waals surface area contributed by atoms with Gasteiger partial charge in [-0.25, -0.2) is 15.0 Å². The number of benzene rings is 1. The molecule has 0 saturated carbocycles. The summed E-state index contributed by atoms with van der Waals surface area (Å²) in [6, 6.07) is 2.08. The van der Waals surface area contributed by atoms with Gasteiger partial charge in [0.05, 0.1) is 11.6 Å². The number of halogens is 6. The van der Waals surface area contributed by atoms with Gasteiger partial charge in [0.25, 0.3) is 5.91 Å². The summed E-state index contributed by atoms with van der Waals surface area (Å²) < 4.78 is 77.5. The molecule has 0 aliphatic heterocycles. The van der Waals surface area contributed by atoms with Crippen LogP contribution in [0.25, 0.3) is 21.5 Å². The number of alkyl halides is 6. The van der Waals surface area contributed by atoms with Crippen molar-refractivity contribution in [3.05, 3.63) is 58.7 Å². The maximum absolute atomic E-state index is 13.0. The number of rotatable bonds is 5. The highest BCUT2D eigenvalue weighted by molar-refractivity contribution is 7.15. The summed E-state index contributed by atoms with van der Waals surface area (Å²) in [5, 5.41) is 7.49. The van der Waals surface area contributed by atoms with Crippen LogP contribution in [-0.4, -0.2) is 36.8 Å². The third-order valence-electron chi connectivity index (χ3n) is 4.90. The van der Waals surface area contributed by atoms with Crippen molar-refractivity contribution in [2.75, 3.05) is 0 Å². The van der Waals surface area contributed by atoms with Gasteiger partial charge in [0.1, 0.15) is 11.6 Å². The van der Waals surface area contributed by atoms with Crippen LogP contribution in [0.4, 0.5) is 26.3 Å². The standard InChI is InChI=1S/C21H16F6N6OS/c1-10-5-28-18(35-10)14-3-12(4-16-15(14)8-33(32-16)9-20(22,23)24)17(34)31-11(2)13-6-29-19(30-7-13)21(25,26)27/h3-8,11H,9H2,1-2H3,(H,31,34). The molecule has 3 heterocycles. The van der Waals surface area contributed by atoms with Crippen LogP contribution in [0.3, 0.4) is 0 Å². The van der Waals surface area contributed by atoms with Gasteiger partial charge in [0.15, 0.2) is 0 Å². The summed E-state index contributed by atoms with van der Waals surface area (Å²) in [4.78, 5) is 24.7. The number of hydrogen-bond acceptors (Lipinski definition) is 6. The first-order chi connectivity index (χ1) is 16.3. The highest BCUT2D eigenvalue weighted by atomic mass is 32.1. The Bertz CT molecular complexity index is 1380. The van der Waals surface area contributed by atoms with Crippen molar-refractivity contribution in [1.29, 1.82) is 0 Å². The van der Waals surface area contributed by atoms with Gasteiger partial charge < -0.3 is 5.32 Å². The van der Waals surface area contributed by atoms with Crippen LogP contribution >= 0.6 is 11.3 Å². The van der Waals surface area contributed by atoms with Crippen LogP contribution in [-0.2, 0) is 12.7 Å². The van der Waals surface area contributed by atoms with Gasteiger partial charge >= 0.3 is 12.4 Å². The lowest BCUT2D eigenvalue weighted by molar-refractivity contribution is -0.145. The van der Waals surface area contributed by atoms with Crippen LogP contribution in [0.15, 0.2) is 36.9 Å². The van der Waals surface area contributed by atoms with Crippen molar-refractivity contribution >= 4 is 28.1 Å². The van der Waals surface area contributed by atoms with Gasteiger partial charge in [-0.15, -0.1) is 11.3 Å². The molecule has 1 atom stereocenters. The van der Waals surface area contributed by atoms with E-state index in [-0.39, 0.29) is 16.6 Å². The average molecular weight is 514 g/mol. The first-order valence-corrected chi connectivity index (χ1v) is 10.8. The van der Waals surface area contributed by atoms with E-state index in [1.54, 1.807) is 6.20 Å². The van der Waals surface area contributed by atoms with Crippen molar-refractivity contribution in [1.82, 2.24) is 30.0 Å². The highest BCUT2D eigenvalue weighted by Crippen LogP contribution is 2.33. The van der Waals surface area contributed by atoms with E-state index < -0.39 is 36.7 Å². The number of hydrogen-bond donors (Lipinski definition) is 1. The Morgan fingerprint density at radius 3 is 2.34 bits per heavy atom. The fourth-order valence-electron chi connectivity index (χ4n) is 3.30. The zero-order chi connectivity index (χ0) is 25.5. The van der Waals surface area contributed by atoms with E-state index >= 15 is 0 Å². The molecule has 0 saturated heterocycles. The highest BCUT2D eigenvalue weighted by Gasteiger charge is 2.34. The fourth-order valence-corrected chi connectivity index (χ4v) is 4.09. The number of fused-ring (bicyclic) bond motifs is 1. The number of aryl methyl sites for hydroxylation is 1. The molecule has 0 radical (unpaired) electrons. The van der Waals surface area contributed by atoms with Crippen molar-refractivity contribution in [3.8, 4) is 10.6 Å². The number of carbonyl (C=O) groups excluding carboxylic acids is 1. The lowest BCUT2D eigenvalue weighted by Crippen LogP contribution is -2.27. The smallest absolute Gasteiger partial charge is 0.345 e. The summed E-state index contributed by atoms with van der Waals surface area (Å²) in [7, 11) is 0. The van der Waals surface area contributed by atoms with E-state index in [9.17, 15) is 31.1 Å². The second-order valence-electron chi connectivity index (χ2n) is 7.71. The summed E-state index contributed by atoms with van der Waals surface area (Å²) >= 11 is 1.30. The fraction of sp³-hybridized carbons (Fsp3) is 0.286. The van der Waals surface area contributed by atoms with Gasteiger partial charge in [-0.05, 0) is 26.0 Å². The molecule has 184 valence electrons. The minimum atomic E-state index is -4.69. The van der Waals surface area contributed by atoms with Crippen LogP contribution in [0.1, 0.15) is 39.6 Å². The van der Waals surface area contributed by atoms with Crippen molar-refractivity contribution in [3.63, 3.8) is 0 Å². The molecule has 0 aliphatic carbocycles. The normalized spacial score (nSPS) is 13.3. The predicted molar refractivity (Wildman–Crippen MR) is 115 cm³/mol. The number of aromatic nitrogens is 5. The molecule has 4 rings (SSSR count). The van der Waals surface area contributed by atoms with E-state index in [2.05, 4.69) is 25.4 Å². The Morgan fingerprint density at radius 2 is 1.77 bits per heavy atom. The van der Waals surface area contributed by atoms with Crippen molar-refractivity contribution in [2.24, 2.45) is 0 Å². The molecule has 3 aromatic heterocycles. The van der Waals surface area contributed by atoms with Crippen LogP contribution in [0, 0.1) is 6.92 Å². The Hall–Kier alpha value is -3.55. The molecule has 1 aromatic carbocycles. The van der Waals surface area contributed by atoms with E-state index in [0.29, 0.717) is 16.0 Å².